The van der Waals surface area contributed by atoms with Crippen molar-refractivity contribution in [1.82, 2.24) is 0 Å². The van der Waals surface area contributed by atoms with Crippen LogP contribution < -0.4 is 5.32 Å². The van der Waals surface area contributed by atoms with Crippen molar-refractivity contribution in [2.24, 2.45) is 11.8 Å². The third kappa shape index (κ3) is 2.26. The SMILES string of the molecule is CC1CC1CNc1ccccc1[N+](=O)[O-]. The van der Waals surface area contributed by atoms with Gasteiger partial charge in [-0.1, -0.05) is 19.1 Å². The summed E-state index contributed by atoms with van der Waals surface area (Å²) in [4.78, 5) is 10.4. The van der Waals surface area contributed by atoms with Gasteiger partial charge in [0.25, 0.3) is 5.69 Å². The highest BCUT2D eigenvalue weighted by atomic mass is 16.6. The number of rotatable bonds is 4. The van der Waals surface area contributed by atoms with E-state index in [0.29, 0.717) is 11.6 Å². The summed E-state index contributed by atoms with van der Waals surface area (Å²) in [5.41, 5.74) is 0.785. The molecule has 1 aromatic carbocycles. The van der Waals surface area contributed by atoms with Crippen molar-refractivity contribution >= 4 is 11.4 Å². The Kier molecular flexibility index (Phi) is 2.58. The van der Waals surface area contributed by atoms with Crippen molar-refractivity contribution < 1.29 is 4.92 Å². The number of nitrogens with one attached hydrogen (secondary N) is 1. The first-order chi connectivity index (χ1) is 7.18. The van der Waals surface area contributed by atoms with Crippen LogP contribution in [0.4, 0.5) is 11.4 Å². The minimum absolute atomic E-state index is 0.158. The Morgan fingerprint density at radius 2 is 2.20 bits per heavy atom. The Labute approximate surface area is 88.5 Å². The van der Waals surface area contributed by atoms with Crippen molar-refractivity contribution in [1.29, 1.82) is 0 Å². The van der Waals surface area contributed by atoms with Crippen LogP contribution in [-0.2, 0) is 0 Å². The molecule has 4 heteroatoms. The van der Waals surface area contributed by atoms with Crippen molar-refractivity contribution in [2.75, 3.05) is 11.9 Å². The van der Waals surface area contributed by atoms with Crippen LogP contribution in [0.3, 0.4) is 0 Å². The molecule has 0 saturated heterocycles. The summed E-state index contributed by atoms with van der Waals surface area (Å²) in [6.45, 7) is 3.04. The Hall–Kier alpha value is -1.58. The van der Waals surface area contributed by atoms with Crippen molar-refractivity contribution in [3.63, 3.8) is 0 Å². The van der Waals surface area contributed by atoms with Gasteiger partial charge in [0.05, 0.1) is 4.92 Å². The molecule has 0 spiro atoms. The number of nitro groups is 1. The summed E-state index contributed by atoms with van der Waals surface area (Å²) >= 11 is 0. The van der Waals surface area contributed by atoms with E-state index in [2.05, 4.69) is 12.2 Å². The summed E-state index contributed by atoms with van der Waals surface area (Å²) in [5, 5.41) is 13.9. The van der Waals surface area contributed by atoms with Crippen LogP contribution in [0.5, 0.6) is 0 Å². The van der Waals surface area contributed by atoms with Gasteiger partial charge in [-0.2, -0.15) is 0 Å². The van der Waals surface area contributed by atoms with Crippen LogP contribution in [-0.4, -0.2) is 11.5 Å². The van der Waals surface area contributed by atoms with E-state index in [1.807, 2.05) is 6.07 Å². The van der Waals surface area contributed by atoms with Crippen LogP contribution >= 0.6 is 0 Å². The number of anilines is 1. The van der Waals surface area contributed by atoms with Crippen LogP contribution in [0.15, 0.2) is 24.3 Å². The molecule has 80 valence electrons. The first-order valence-electron chi connectivity index (χ1n) is 5.16. The number of para-hydroxylation sites is 2. The van der Waals surface area contributed by atoms with Gasteiger partial charge >= 0.3 is 0 Å². The number of benzene rings is 1. The Morgan fingerprint density at radius 3 is 2.80 bits per heavy atom. The van der Waals surface area contributed by atoms with Gasteiger partial charge in [-0.15, -0.1) is 0 Å². The minimum Gasteiger partial charge on any atom is -0.379 e. The fraction of sp³-hybridized carbons (Fsp3) is 0.455. The summed E-state index contributed by atoms with van der Waals surface area (Å²) in [5.74, 6) is 1.45. The van der Waals surface area contributed by atoms with Gasteiger partial charge < -0.3 is 5.32 Å². The molecule has 0 aliphatic heterocycles. The summed E-state index contributed by atoms with van der Waals surface area (Å²) in [6, 6.07) is 6.78. The lowest BCUT2D eigenvalue weighted by molar-refractivity contribution is -0.384. The third-order valence-corrected chi connectivity index (χ3v) is 2.93. The highest BCUT2D eigenvalue weighted by Crippen LogP contribution is 2.38. The number of nitrogens with zero attached hydrogens (tertiary/aromatic N) is 1. The summed E-state index contributed by atoms with van der Waals surface area (Å²) in [7, 11) is 0. The number of hydrogen-bond acceptors (Lipinski definition) is 3. The minimum atomic E-state index is -0.349. The molecule has 1 aromatic rings. The van der Waals surface area contributed by atoms with Gasteiger partial charge in [0, 0.05) is 12.6 Å². The van der Waals surface area contributed by atoms with Crippen molar-refractivity contribution in [3.05, 3.63) is 34.4 Å². The van der Waals surface area contributed by atoms with E-state index in [9.17, 15) is 10.1 Å². The van der Waals surface area contributed by atoms with Crippen LogP contribution in [0.2, 0.25) is 0 Å². The van der Waals surface area contributed by atoms with Crippen LogP contribution in [0.25, 0.3) is 0 Å². The molecule has 2 unspecified atom stereocenters. The zero-order valence-corrected chi connectivity index (χ0v) is 8.64. The molecule has 2 rings (SSSR count). The molecule has 0 amide bonds. The fourth-order valence-corrected chi connectivity index (χ4v) is 1.71. The van der Waals surface area contributed by atoms with Gasteiger partial charge in [-0.25, -0.2) is 0 Å². The largest absolute Gasteiger partial charge is 0.379 e. The summed E-state index contributed by atoms with van der Waals surface area (Å²) in [6.07, 6.45) is 1.23. The molecule has 1 aliphatic carbocycles. The van der Waals surface area contributed by atoms with Crippen LogP contribution in [0, 0.1) is 22.0 Å². The number of nitro benzene ring substituents is 1. The second kappa shape index (κ2) is 3.88. The number of hydrogen-bond donors (Lipinski definition) is 1. The topological polar surface area (TPSA) is 55.2 Å². The highest BCUT2D eigenvalue weighted by Gasteiger charge is 2.32. The molecule has 0 heterocycles. The zero-order valence-electron chi connectivity index (χ0n) is 8.64. The lowest BCUT2D eigenvalue weighted by Gasteiger charge is -2.05. The standard InChI is InChI=1S/C11H14N2O2/c1-8-6-9(8)7-12-10-4-2-3-5-11(10)13(14)15/h2-5,8-9,12H,6-7H2,1H3. The van der Waals surface area contributed by atoms with Gasteiger partial charge in [-0.3, -0.25) is 10.1 Å². The maximum Gasteiger partial charge on any atom is 0.292 e. The molecule has 1 N–H and O–H groups in total. The molecule has 4 nitrogen and oxygen atoms in total. The smallest absolute Gasteiger partial charge is 0.292 e. The molecule has 0 bridgehead atoms. The van der Waals surface area contributed by atoms with Gasteiger partial charge in [-0.05, 0) is 24.3 Å². The van der Waals surface area contributed by atoms with E-state index < -0.39 is 0 Å². The van der Waals surface area contributed by atoms with E-state index in [1.54, 1.807) is 12.1 Å². The zero-order chi connectivity index (χ0) is 10.8. The second-order valence-corrected chi connectivity index (χ2v) is 4.13. The van der Waals surface area contributed by atoms with Crippen molar-refractivity contribution in [3.8, 4) is 0 Å². The Balaban J connectivity index is 2.03. The first kappa shape index (κ1) is 9.96. The average Bonchev–Trinajstić information content (AvgIpc) is 2.92. The normalized spacial score (nSPS) is 23.5. The van der Waals surface area contributed by atoms with Gasteiger partial charge in [0.15, 0.2) is 0 Å². The molecule has 1 aliphatic rings. The van der Waals surface area contributed by atoms with E-state index >= 15 is 0 Å². The van der Waals surface area contributed by atoms with Crippen molar-refractivity contribution in [2.45, 2.75) is 13.3 Å². The molecular weight excluding hydrogens is 192 g/mol. The van der Waals surface area contributed by atoms with E-state index in [-0.39, 0.29) is 10.6 Å². The lowest BCUT2D eigenvalue weighted by Crippen LogP contribution is -2.06. The Morgan fingerprint density at radius 1 is 1.53 bits per heavy atom. The molecule has 0 aromatic heterocycles. The lowest BCUT2D eigenvalue weighted by atomic mass is 10.2. The van der Waals surface area contributed by atoms with E-state index in [0.717, 1.165) is 12.5 Å². The predicted octanol–water partition coefficient (Wildman–Crippen LogP) is 2.66. The quantitative estimate of drug-likeness (QED) is 0.608. The summed E-state index contributed by atoms with van der Waals surface area (Å²) < 4.78 is 0. The molecule has 2 atom stereocenters. The molecule has 0 radical (unpaired) electrons. The predicted molar refractivity (Wildman–Crippen MR) is 58.9 cm³/mol. The monoisotopic (exact) mass is 206 g/mol. The third-order valence-electron chi connectivity index (χ3n) is 2.93. The molecular formula is C11H14N2O2. The van der Waals surface area contributed by atoms with E-state index in [1.165, 1.54) is 12.5 Å². The first-order valence-corrected chi connectivity index (χ1v) is 5.16. The Bertz CT molecular complexity index is 379. The maximum absolute atomic E-state index is 10.7. The molecule has 1 fully saturated rings. The average molecular weight is 206 g/mol. The second-order valence-electron chi connectivity index (χ2n) is 4.13. The highest BCUT2D eigenvalue weighted by molar-refractivity contribution is 5.61. The molecule has 1 saturated carbocycles. The fourth-order valence-electron chi connectivity index (χ4n) is 1.71. The van der Waals surface area contributed by atoms with E-state index in [4.69, 9.17) is 0 Å². The molecule has 15 heavy (non-hydrogen) atoms. The van der Waals surface area contributed by atoms with Crippen LogP contribution in [0.1, 0.15) is 13.3 Å². The van der Waals surface area contributed by atoms with Gasteiger partial charge in [0.2, 0.25) is 0 Å². The van der Waals surface area contributed by atoms with Gasteiger partial charge in [0.1, 0.15) is 5.69 Å². The maximum atomic E-state index is 10.7.